The van der Waals surface area contributed by atoms with Gasteiger partial charge in [-0.1, -0.05) is 29.3 Å². The lowest BCUT2D eigenvalue weighted by molar-refractivity contribution is -0.432. The van der Waals surface area contributed by atoms with Crippen LogP contribution in [-0.2, 0) is 19.5 Å². The third-order valence-electron chi connectivity index (χ3n) is 6.65. The van der Waals surface area contributed by atoms with E-state index >= 15 is 0 Å². The van der Waals surface area contributed by atoms with Gasteiger partial charge < -0.3 is 40.9 Å². The summed E-state index contributed by atoms with van der Waals surface area (Å²) in [6.45, 7) is -0.504. The summed E-state index contributed by atoms with van der Waals surface area (Å²) in [5.74, 6) is 0.113. The molecule has 24 heteroatoms. The molecule has 0 spiro atoms. The van der Waals surface area contributed by atoms with Gasteiger partial charge in [-0.25, -0.2) is 5.26 Å². The Morgan fingerprint density at radius 1 is 0.712 bits per heavy atom. The molecule has 0 radical (unpaired) electrons. The van der Waals surface area contributed by atoms with E-state index in [0.29, 0.717) is 28.2 Å². The summed E-state index contributed by atoms with van der Waals surface area (Å²) in [4.78, 5) is 27.5. The average molecular weight is 804 g/mol. The quantitative estimate of drug-likeness (QED) is 0.0209. The third kappa shape index (κ3) is 11.7. The fourth-order valence-corrected chi connectivity index (χ4v) is 6.00. The van der Waals surface area contributed by atoms with Crippen LogP contribution in [0.2, 0.25) is 10.6 Å². The van der Waals surface area contributed by atoms with Crippen LogP contribution in [0.1, 0.15) is 11.1 Å². The molecule has 0 aliphatic heterocycles. The monoisotopic (exact) mass is 802 g/mol. The van der Waals surface area contributed by atoms with E-state index in [0.717, 1.165) is 6.07 Å². The topological polar surface area (TPSA) is 282 Å². The van der Waals surface area contributed by atoms with E-state index < -0.39 is 15.0 Å². The minimum atomic E-state index is -4.77. The van der Waals surface area contributed by atoms with E-state index in [1.165, 1.54) is 34.1 Å². The molecule has 2 aromatic carbocycles. The summed E-state index contributed by atoms with van der Waals surface area (Å²) >= 11 is 12.8. The van der Waals surface area contributed by atoms with Crippen molar-refractivity contribution in [3.05, 3.63) is 58.1 Å². The molecule has 52 heavy (non-hydrogen) atoms. The Morgan fingerprint density at radius 2 is 1.17 bits per heavy atom. The van der Waals surface area contributed by atoms with Crippen LogP contribution in [0.25, 0.3) is 12.2 Å². The highest BCUT2D eigenvalue weighted by Crippen LogP contribution is 2.31. The maximum atomic E-state index is 12.4. The number of hydrogen-bond donors (Lipinski definition) is 8. The lowest BCUT2D eigenvalue weighted by Crippen LogP contribution is -2.31. The number of rotatable bonds is 20. The summed E-state index contributed by atoms with van der Waals surface area (Å²) in [6.07, 6.45) is 2.92. The zero-order valence-electron chi connectivity index (χ0n) is 26.7. The van der Waals surface area contributed by atoms with Gasteiger partial charge in [-0.15, -0.1) is 4.33 Å². The van der Waals surface area contributed by atoms with Gasteiger partial charge in [-0.3, -0.25) is 4.55 Å². The molecule has 0 unspecified atom stereocenters. The molecule has 0 amide bonds. The molecule has 0 atom stereocenters. The van der Waals surface area contributed by atoms with Crippen LogP contribution in [-0.4, -0.2) is 121 Å². The first kappa shape index (κ1) is 40.7. The summed E-state index contributed by atoms with van der Waals surface area (Å²) in [7, 11) is -4.77. The van der Waals surface area contributed by atoms with Crippen LogP contribution < -0.4 is 20.4 Å². The maximum Gasteiger partial charge on any atom is 0.295 e. The number of aliphatic hydroxyl groups is 4. The van der Waals surface area contributed by atoms with Gasteiger partial charge in [0, 0.05) is 42.4 Å². The van der Waals surface area contributed by atoms with Gasteiger partial charge >= 0.3 is 0 Å². The lowest BCUT2D eigenvalue weighted by atomic mass is 10.1. The van der Waals surface area contributed by atoms with Crippen LogP contribution in [0.15, 0.2) is 46.2 Å². The van der Waals surface area contributed by atoms with E-state index in [-0.39, 0.29) is 98.2 Å². The predicted molar refractivity (Wildman–Crippen MR) is 191 cm³/mol. The lowest BCUT2D eigenvalue weighted by Gasteiger charge is -2.20. The van der Waals surface area contributed by atoms with Crippen molar-refractivity contribution in [3.63, 3.8) is 0 Å². The molecule has 4 aromatic rings. The summed E-state index contributed by atoms with van der Waals surface area (Å²) in [6, 6.07) is 8.84. The van der Waals surface area contributed by atoms with Gasteiger partial charge in [0.15, 0.2) is 0 Å². The van der Waals surface area contributed by atoms with E-state index in [4.69, 9.17) is 28.5 Å². The number of aliphatic hydroxyl groups excluding tert-OH is 4. The second-order valence-electron chi connectivity index (χ2n) is 10.1. The smallest absolute Gasteiger partial charge is 0.295 e. The first-order chi connectivity index (χ1) is 25.0. The Bertz CT molecular complexity index is 1940. The van der Waals surface area contributed by atoms with E-state index in [9.17, 15) is 33.4 Å². The van der Waals surface area contributed by atoms with Crippen molar-refractivity contribution in [2.45, 2.75) is 9.79 Å². The first-order valence-corrected chi connectivity index (χ1v) is 17.8. The maximum absolute atomic E-state index is 12.4. The van der Waals surface area contributed by atoms with E-state index in [1.54, 1.807) is 18.2 Å². The molecule has 20 nitrogen and oxygen atoms in total. The number of nitrogens with one attached hydrogen (secondary N) is 2. The van der Waals surface area contributed by atoms with Gasteiger partial charge in [0.2, 0.25) is 34.4 Å². The molecule has 0 aliphatic rings. The van der Waals surface area contributed by atoms with Crippen molar-refractivity contribution in [2.75, 3.05) is 73.0 Å². The molecule has 8 N–H and O–H groups in total. The summed E-state index contributed by atoms with van der Waals surface area (Å²) in [5.41, 5.74) is 1.10. The van der Waals surface area contributed by atoms with Gasteiger partial charge in [0.1, 0.15) is 4.90 Å². The SMILES string of the molecule is O=S(=O)(O)c1cc(Nc2nc(Cl)nc(N(CCO)CCO)n2)ccc1/C=C/c1ccc(Nc2nc(Cl)nc(N(CCO)CCO)n2)cc1SOOO. The van der Waals surface area contributed by atoms with Gasteiger partial charge in [0.25, 0.3) is 10.1 Å². The van der Waals surface area contributed by atoms with E-state index in [2.05, 4.69) is 49.9 Å². The van der Waals surface area contributed by atoms with Crippen molar-refractivity contribution in [1.29, 1.82) is 0 Å². The standard InChI is InChI=1S/C28H32Cl2N10O10S2/c29-23-33-25(37-27(35-23)39(7-11-41)8-12-42)31-19-5-3-17(21(15-19)51-50-49-45)1-2-18-4-6-20(16-22(18)52(46,47)48)32-26-34-24(30)36-28(38-26)40(9-13-43)10-14-44/h1-6,15-16,41-45H,7-14H2,(H,46,47,48)(H,31,33,35,37)(H,32,34,36,38)/b2-1+. The molecule has 0 saturated heterocycles. The number of hydrogen-bond acceptors (Lipinski definition) is 20. The summed E-state index contributed by atoms with van der Waals surface area (Å²) in [5, 5.41) is 55.4. The molecule has 0 bridgehead atoms. The Kier molecular flexibility index (Phi) is 15.4. The highest BCUT2D eigenvalue weighted by molar-refractivity contribution is 7.94. The molecule has 0 fully saturated rings. The largest absolute Gasteiger partial charge is 0.395 e. The minimum Gasteiger partial charge on any atom is -0.395 e. The number of benzene rings is 2. The number of halogens is 2. The highest BCUT2D eigenvalue weighted by Gasteiger charge is 2.18. The van der Waals surface area contributed by atoms with Gasteiger partial charge in [0.05, 0.1) is 38.5 Å². The van der Waals surface area contributed by atoms with Crippen LogP contribution in [0.5, 0.6) is 0 Å². The molecule has 0 aliphatic carbocycles. The number of nitrogens with zero attached hydrogens (tertiary/aromatic N) is 8. The Morgan fingerprint density at radius 3 is 1.63 bits per heavy atom. The van der Waals surface area contributed by atoms with Crippen LogP contribution >= 0.6 is 35.2 Å². The second kappa shape index (κ2) is 19.7. The fourth-order valence-electron chi connectivity index (χ4n) is 4.47. The van der Waals surface area contributed by atoms with Crippen molar-refractivity contribution in [2.24, 2.45) is 0 Å². The molecule has 4 rings (SSSR count). The molecule has 280 valence electrons. The van der Waals surface area contributed by atoms with Crippen LogP contribution in [0, 0.1) is 0 Å². The van der Waals surface area contributed by atoms with Crippen LogP contribution in [0.4, 0.5) is 35.2 Å². The van der Waals surface area contributed by atoms with Gasteiger partial charge in [-0.2, -0.15) is 38.3 Å². The minimum absolute atomic E-state index is 0.0317. The molecule has 0 saturated carbocycles. The average Bonchev–Trinajstić information content (AvgIpc) is 3.09. The van der Waals surface area contributed by atoms with Crippen LogP contribution in [0.3, 0.4) is 0 Å². The molecular formula is C28H32Cl2N10O10S2. The van der Waals surface area contributed by atoms with Gasteiger partial charge in [-0.05, 0) is 58.6 Å². The molecule has 2 aromatic heterocycles. The van der Waals surface area contributed by atoms with E-state index in [1.807, 2.05) is 0 Å². The fraction of sp³-hybridized carbons (Fsp3) is 0.286. The Hall–Kier alpha value is -4.04. The Labute approximate surface area is 310 Å². The van der Waals surface area contributed by atoms with Crippen molar-refractivity contribution in [3.8, 4) is 0 Å². The normalized spacial score (nSPS) is 11.6. The highest BCUT2D eigenvalue weighted by atomic mass is 35.5. The van der Waals surface area contributed by atoms with Crippen molar-refractivity contribution in [1.82, 2.24) is 29.9 Å². The number of anilines is 6. The Balaban J connectivity index is 1.62. The molecule has 2 heterocycles. The second-order valence-corrected chi connectivity index (χ2v) is 12.9. The zero-order valence-corrected chi connectivity index (χ0v) is 29.9. The number of aromatic nitrogens is 6. The zero-order chi connectivity index (χ0) is 37.7. The summed E-state index contributed by atoms with van der Waals surface area (Å²) < 4.78 is 39.6. The molecular weight excluding hydrogens is 771 g/mol. The predicted octanol–water partition coefficient (Wildman–Crippen LogP) is 2.28. The first-order valence-electron chi connectivity index (χ1n) is 14.9. The van der Waals surface area contributed by atoms with Crippen molar-refractivity contribution >= 4 is 92.7 Å². The third-order valence-corrected chi connectivity index (χ3v) is 8.56. The van der Waals surface area contributed by atoms with Crippen molar-refractivity contribution < 1.29 is 48.0 Å².